The van der Waals surface area contributed by atoms with E-state index in [2.05, 4.69) is 62.4 Å². The monoisotopic (exact) mass is 243 g/mol. The maximum atomic E-state index is 4.53. The van der Waals surface area contributed by atoms with Gasteiger partial charge in [0.2, 0.25) is 0 Å². The van der Waals surface area contributed by atoms with Crippen molar-refractivity contribution >= 4 is 5.69 Å². The van der Waals surface area contributed by atoms with E-state index in [-0.39, 0.29) is 0 Å². The first-order valence-electron chi connectivity index (χ1n) is 6.41. The maximum Gasteiger partial charge on any atom is 0.0815 e. The topological polar surface area (TPSA) is 29.9 Å². The van der Waals surface area contributed by atoms with Crippen LogP contribution in [-0.4, -0.2) is 9.78 Å². The van der Waals surface area contributed by atoms with Crippen LogP contribution in [0.25, 0.3) is 0 Å². The number of aromatic nitrogens is 2. The highest BCUT2D eigenvalue weighted by atomic mass is 15.3. The van der Waals surface area contributed by atoms with Crippen molar-refractivity contribution in [3.8, 4) is 0 Å². The Bertz CT molecular complexity index is 526. The quantitative estimate of drug-likeness (QED) is 0.887. The van der Waals surface area contributed by atoms with E-state index in [4.69, 9.17) is 0 Å². The first kappa shape index (κ1) is 12.7. The molecule has 0 aliphatic rings. The van der Waals surface area contributed by atoms with Gasteiger partial charge in [0, 0.05) is 17.9 Å². The van der Waals surface area contributed by atoms with Crippen LogP contribution in [0, 0.1) is 13.8 Å². The summed E-state index contributed by atoms with van der Waals surface area (Å²) in [6.45, 7) is 9.26. The number of anilines is 1. The second-order valence-electron chi connectivity index (χ2n) is 5.05. The van der Waals surface area contributed by atoms with E-state index in [1.165, 1.54) is 16.8 Å². The minimum atomic E-state index is 0.416. The molecule has 0 spiro atoms. The van der Waals surface area contributed by atoms with Gasteiger partial charge in [-0.15, -0.1) is 0 Å². The minimum absolute atomic E-state index is 0.416. The second kappa shape index (κ2) is 5.25. The molecular formula is C15H21N3. The summed E-state index contributed by atoms with van der Waals surface area (Å²) in [7, 11) is 0. The Morgan fingerprint density at radius 1 is 1.22 bits per heavy atom. The van der Waals surface area contributed by atoms with E-state index in [0.29, 0.717) is 6.04 Å². The van der Waals surface area contributed by atoms with Crippen LogP contribution < -0.4 is 5.32 Å². The molecule has 0 radical (unpaired) electrons. The molecule has 0 unspecified atom stereocenters. The van der Waals surface area contributed by atoms with Gasteiger partial charge in [-0.1, -0.05) is 12.1 Å². The zero-order valence-corrected chi connectivity index (χ0v) is 11.6. The number of nitrogens with one attached hydrogen (secondary N) is 1. The molecule has 1 aromatic heterocycles. The van der Waals surface area contributed by atoms with E-state index < -0.39 is 0 Å². The summed E-state index contributed by atoms with van der Waals surface area (Å²) in [6.07, 6.45) is 2.03. The molecule has 96 valence electrons. The van der Waals surface area contributed by atoms with Gasteiger partial charge in [0.05, 0.1) is 12.2 Å². The van der Waals surface area contributed by atoms with Crippen LogP contribution in [0.1, 0.15) is 36.7 Å². The molecule has 1 aromatic carbocycles. The fraction of sp³-hybridized carbons (Fsp3) is 0.400. The van der Waals surface area contributed by atoms with Crippen molar-refractivity contribution in [2.75, 3.05) is 5.32 Å². The van der Waals surface area contributed by atoms with Gasteiger partial charge in [-0.05, 0) is 51.0 Å². The molecule has 2 aromatic rings. The Morgan fingerprint density at radius 2 is 2.00 bits per heavy atom. The van der Waals surface area contributed by atoms with Gasteiger partial charge >= 0.3 is 0 Å². The van der Waals surface area contributed by atoms with Gasteiger partial charge in [0.1, 0.15) is 0 Å². The predicted molar refractivity (Wildman–Crippen MR) is 75.9 cm³/mol. The van der Waals surface area contributed by atoms with Gasteiger partial charge in [0.15, 0.2) is 0 Å². The largest absolute Gasteiger partial charge is 0.379 e. The van der Waals surface area contributed by atoms with Crippen molar-refractivity contribution in [2.24, 2.45) is 0 Å². The molecule has 0 aliphatic heterocycles. The third-order valence-corrected chi connectivity index (χ3v) is 3.05. The van der Waals surface area contributed by atoms with Crippen LogP contribution in [0.2, 0.25) is 0 Å². The summed E-state index contributed by atoms with van der Waals surface area (Å²) >= 11 is 0. The van der Waals surface area contributed by atoms with Crippen molar-refractivity contribution in [3.63, 3.8) is 0 Å². The Hall–Kier alpha value is -1.77. The lowest BCUT2D eigenvalue weighted by molar-refractivity contribution is 0.527. The Balaban J connectivity index is 2.04. The van der Waals surface area contributed by atoms with E-state index in [9.17, 15) is 0 Å². The molecule has 3 heteroatoms. The third kappa shape index (κ3) is 2.92. The number of nitrogens with zero attached hydrogens (tertiary/aromatic N) is 2. The Kier molecular flexibility index (Phi) is 3.70. The zero-order chi connectivity index (χ0) is 13.1. The standard InChI is InChI=1S/C15H21N3/c1-11(2)18-8-7-14(17-18)10-16-15-9-12(3)5-6-13(15)4/h5-9,11,16H,10H2,1-4H3. The van der Waals surface area contributed by atoms with Crippen LogP contribution in [-0.2, 0) is 6.54 Å². The molecule has 0 aliphatic carbocycles. The summed E-state index contributed by atoms with van der Waals surface area (Å²) < 4.78 is 1.99. The molecule has 0 saturated carbocycles. The normalized spacial score (nSPS) is 10.9. The number of hydrogen-bond donors (Lipinski definition) is 1. The summed E-state index contributed by atoms with van der Waals surface area (Å²) in [5, 5.41) is 7.98. The van der Waals surface area contributed by atoms with Gasteiger partial charge in [-0.25, -0.2) is 0 Å². The van der Waals surface area contributed by atoms with Crippen LogP contribution in [0.15, 0.2) is 30.5 Å². The van der Waals surface area contributed by atoms with Crippen LogP contribution in [0.5, 0.6) is 0 Å². The van der Waals surface area contributed by atoms with Crippen molar-refractivity contribution in [1.82, 2.24) is 9.78 Å². The van der Waals surface area contributed by atoms with Gasteiger partial charge in [0.25, 0.3) is 0 Å². The fourth-order valence-corrected chi connectivity index (χ4v) is 1.87. The molecule has 0 amide bonds. The molecule has 1 N–H and O–H groups in total. The first-order valence-corrected chi connectivity index (χ1v) is 6.41. The van der Waals surface area contributed by atoms with Crippen LogP contribution in [0.4, 0.5) is 5.69 Å². The van der Waals surface area contributed by atoms with Gasteiger partial charge in [-0.2, -0.15) is 5.10 Å². The molecule has 2 rings (SSSR count). The average molecular weight is 243 g/mol. The van der Waals surface area contributed by atoms with E-state index in [1.807, 2.05) is 10.9 Å². The van der Waals surface area contributed by atoms with Crippen molar-refractivity contribution in [2.45, 2.75) is 40.3 Å². The molecule has 18 heavy (non-hydrogen) atoms. The third-order valence-electron chi connectivity index (χ3n) is 3.05. The van der Waals surface area contributed by atoms with E-state index >= 15 is 0 Å². The predicted octanol–water partition coefficient (Wildman–Crippen LogP) is 3.69. The number of hydrogen-bond acceptors (Lipinski definition) is 2. The van der Waals surface area contributed by atoms with Crippen LogP contribution in [0.3, 0.4) is 0 Å². The number of benzene rings is 1. The minimum Gasteiger partial charge on any atom is -0.379 e. The van der Waals surface area contributed by atoms with Crippen molar-refractivity contribution in [1.29, 1.82) is 0 Å². The zero-order valence-electron chi connectivity index (χ0n) is 11.6. The fourth-order valence-electron chi connectivity index (χ4n) is 1.87. The molecular weight excluding hydrogens is 222 g/mol. The highest BCUT2D eigenvalue weighted by Crippen LogP contribution is 2.17. The Morgan fingerprint density at radius 3 is 2.67 bits per heavy atom. The number of aryl methyl sites for hydroxylation is 2. The molecule has 3 nitrogen and oxygen atoms in total. The van der Waals surface area contributed by atoms with E-state index in [0.717, 1.165) is 12.2 Å². The van der Waals surface area contributed by atoms with Gasteiger partial charge in [-0.3, -0.25) is 4.68 Å². The van der Waals surface area contributed by atoms with Gasteiger partial charge < -0.3 is 5.32 Å². The lowest BCUT2D eigenvalue weighted by Crippen LogP contribution is -2.05. The SMILES string of the molecule is Cc1ccc(C)c(NCc2ccn(C(C)C)n2)c1. The van der Waals surface area contributed by atoms with Crippen molar-refractivity contribution in [3.05, 3.63) is 47.3 Å². The maximum absolute atomic E-state index is 4.53. The summed E-state index contributed by atoms with van der Waals surface area (Å²) in [4.78, 5) is 0. The summed E-state index contributed by atoms with van der Waals surface area (Å²) in [5.41, 5.74) is 4.80. The van der Waals surface area contributed by atoms with Crippen LogP contribution >= 0.6 is 0 Å². The molecule has 0 atom stereocenters. The molecule has 0 bridgehead atoms. The summed E-state index contributed by atoms with van der Waals surface area (Å²) in [5.74, 6) is 0. The lowest BCUT2D eigenvalue weighted by atomic mass is 10.1. The summed E-state index contributed by atoms with van der Waals surface area (Å²) in [6, 6.07) is 8.94. The smallest absolute Gasteiger partial charge is 0.0815 e. The lowest BCUT2D eigenvalue weighted by Gasteiger charge is -2.09. The first-order chi connectivity index (χ1) is 8.56. The van der Waals surface area contributed by atoms with E-state index in [1.54, 1.807) is 0 Å². The molecule has 0 saturated heterocycles. The Labute approximate surface area is 109 Å². The number of rotatable bonds is 4. The molecule has 0 fully saturated rings. The second-order valence-corrected chi connectivity index (χ2v) is 5.05. The van der Waals surface area contributed by atoms with Crippen molar-refractivity contribution < 1.29 is 0 Å². The average Bonchev–Trinajstić information content (AvgIpc) is 2.79. The molecule has 1 heterocycles. The highest BCUT2D eigenvalue weighted by molar-refractivity contribution is 5.52. The highest BCUT2D eigenvalue weighted by Gasteiger charge is 2.03.